The van der Waals surface area contributed by atoms with Gasteiger partial charge >= 0.3 is 0 Å². The number of piperazine rings is 1. The van der Waals surface area contributed by atoms with Crippen LogP contribution in [0.4, 0.5) is 0 Å². The summed E-state index contributed by atoms with van der Waals surface area (Å²) in [4.78, 5) is 2.20. The minimum Gasteiger partial charge on any atom is -0.297 e. The molecule has 1 fully saturated rings. The van der Waals surface area contributed by atoms with Crippen molar-refractivity contribution < 1.29 is 8.42 Å². The first-order valence-corrected chi connectivity index (χ1v) is 8.68. The summed E-state index contributed by atoms with van der Waals surface area (Å²) < 4.78 is 27.5. The predicted molar refractivity (Wildman–Crippen MR) is 77.4 cm³/mol. The molecule has 0 N–H and O–H groups in total. The summed E-state index contributed by atoms with van der Waals surface area (Å²) in [7, 11) is -3.31. The Hall–Kier alpha value is -0.210. The van der Waals surface area contributed by atoms with E-state index in [-0.39, 0.29) is 0 Å². The molecule has 0 unspecified atom stereocenters. The van der Waals surface area contributed by atoms with E-state index in [0.717, 1.165) is 23.4 Å². The lowest BCUT2D eigenvalue weighted by molar-refractivity contribution is 0.204. The first-order valence-electron chi connectivity index (χ1n) is 5.63. The number of halogens is 1. The predicted octanol–water partition coefficient (Wildman–Crippen LogP) is 2.00. The number of sulfonamides is 1. The molecule has 0 spiro atoms. The van der Waals surface area contributed by atoms with E-state index in [9.17, 15) is 8.42 Å². The fraction of sp³-hybridized carbons (Fsp3) is 0.455. The molecule has 0 radical (unpaired) electrons. The maximum atomic E-state index is 12.3. The molecule has 0 aliphatic carbocycles. The molecule has 1 aromatic rings. The zero-order valence-electron chi connectivity index (χ0n) is 9.88. The normalized spacial score (nSPS) is 18.9. The monoisotopic (exact) mass is 350 g/mol. The zero-order chi connectivity index (χ0) is 13.2. The van der Waals surface area contributed by atoms with Gasteiger partial charge in [-0.3, -0.25) is 4.90 Å². The Bertz CT molecular complexity index is 519. The Morgan fingerprint density at radius 2 is 2.00 bits per heavy atom. The van der Waals surface area contributed by atoms with Crippen LogP contribution in [0.2, 0.25) is 0 Å². The van der Waals surface area contributed by atoms with Crippen LogP contribution in [0.5, 0.6) is 0 Å². The van der Waals surface area contributed by atoms with E-state index in [4.69, 9.17) is 0 Å². The number of hydrogen-bond donors (Lipinski definition) is 0. The summed E-state index contributed by atoms with van der Waals surface area (Å²) in [5, 5.41) is 0. The molecule has 0 bridgehead atoms. The molecular formula is C11H15BrN2O2S2. The third kappa shape index (κ3) is 3.03. The van der Waals surface area contributed by atoms with Crippen LogP contribution >= 0.6 is 27.3 Å². The molecule has 0 amide bonds. The summed E-state index contributed by atoms with van der Waals surface area (Å²) in [6.45, 7) is 7.13. The molecule has 0 aromatic carbocycles. The van der Waals surface area contributed by atoms with Crippen LogP contribution in [0.1, 0.15) is 0 Å². The molecule has 4 nitrogen and oxygen atoms in total. The van der Waals surface area contributed by atoms with E-state index in [1.807, 2.05) is 6.08 Å². The van der Waals surface area contributed by atoms with Crippen molar-refractivity contribution in [2.45, 2.75) is 4.21 Å². The minimum absolute atomic E-state index is 0.409. The first kappa shape index (κ1) is 14.2. The largest absolute Gasteiger partial charge is 0.297 e. The maximum Gasteiger partial charge on any atom is 0.252 e. The average molecular weight is 351 g/mol. The molecule has 100 valence electrons. The van der Waals surface area contributed by atoms with E-state index < -0.39 is 10.0 Å². The Labute approximate surface area is 120 Å². The zero-order valence-corrected chi connectivity index (χ0v) is 13.1. The molecule has 7 heteroatoms. The molecule has 1 aliphatic heterocycles. The van der Waals surface area contributed by atoms with Gasteiger partial charge < -0.3 is 0 Å². The van der Waals surface area contributed by atoms with E-state index in [0.29, 0.717) is 17.3 Å². The van der Waals surface area contributed by atoms with Crippen LogP contribution in [0.25, 0.3) is 0 Å². The van der Waals surface area contributed by atoms with Crippen molar-refractivity contribution in [1.29, 1.82) is 0 Å². The number of thiophene rings is 1. The number of nitrogens with zero attached hydrogens (tertiary/aromatic N) is 2. The summed E-state index contributed by atoms with van der Waals surface area (Å²) in [6.07, 6.45) is 1.85. The molecular weight excluding hydrogens is 336 g/mol. The van der Waals surface area contributed by atoms with Crippen LogP contribution in [0, 0.1) is 0 Å². The summed E-state index contributed by atoms with van der Waals surface area (Å²) >= 11 is 4.55. The van der Waals surface area contributed by atoms with Crippen molar-refractivity contribution in [3.05, 3.63) is 28.6 Å². The number of rotatable bonds is 4. The molecule has 2 heterocycles. The molecule has 1 saturated heterocycles. The molecule has 0 saturated carbocycles. The maximum absolute atomic E-state index is 12.3. The highest BCUT2D eigenvalue weighted by atomic mass is 79.9. The molecule has 1 aliphatic rings. The van der Waals surface area contributed by atoms with Crippen molar-refractivity contribution in [1.82, 2.24) is 9.21 Å². The van der Waals surface area contributed by atoms with Gasteiger partial charge in [0.1, 0.15) is 4.21 Å². The average Bonchev–Trinajstić information content (AvgIpc) is 2.78. The highest BCUT2D eigenvalue weighted by Crippen LogP contribution is 2.28. The van der Waals surface area contributed by atoms with Gasteiger partial charge in [-0.1, -0.05) is 6.08 Å². The lowest BCUT2D eigenvalue weighted by atomic mass is 10.3. The van der Waals surface area contributed by atoms with Gasteiger partial charge in [0.15, 0.2) is 0 Å². The van der Waals surface area contributed by atoms with Crippen molar-refractivity contribution in [2.75, 3.05) is 32.7 Å². The van der Waals surface area contributed by atoms with Crippen LogP contribution in [-0.2, 0) is 10.0 Å². The minimum atomic E-state index is -3.31. The van der Waals surface area contributed by atoms with Gasteiger partial charge in [0.25, 0.3) is 10.0 Å². The highest BCUT2D eigenvalue weighted by molar-refractivity contribution is 9.11. The van der Waals surface area contributed by atoms with Crippen LogP contribution < -0.4 is 0 Å². The summed E-state index contributed by atoms with van der Waals surface area (Å²) in [6, 6.07) is 3.42. The van der Waals surface area contributed by atoms with Gasteiger partial charge in [-0.25, -0.2) is 8.42 Å². The van der Waals surface area contributed by atoms with E-state index in [1.165, 1.54) is 11.3 Å². The van der Waals surface area contributed by atoms with Crippen molar-refractivity contribution in [3.8, 4) is 0 Å². The lowest BCUT2D eigenvalue weighted by Crippen LogP contribution is -2.48. The van der Waals surface area contributed by atoms with Crippen LogP contribution in [0.15, 0.2) is 32.8 Å². The van der Waals surface area contributed by atoms with Crippen molar-refractivity contribution >= 4 is 37.3 Å². The van der Waals surface area contributed by atoms with E-state index in [2.05, 4.69) is 27.4 Å². The lowest BCUT2D eigenvalue weighted by Gasteiger charge is -2.32. The van der Waals surface area contributed by atoms with Crippen LogP contribution in [0.3, 0.4) is 0 Å². The Morgan fingerprint density at radius 3 is 2.50 bits per heavy atom. The highest BCUT2D eigenvalue weighted by Gasteiger charge is 2.29. The second-order valence-corrected chi connectivity index (χ2v) is 8.68. The standard InChI is InChI=1S/C11H15BrN2O2S2/c1-2-5-13-6-8-14(9-7-13)18(15,16)11-4-3-10(12)17-11/h2-4H,1,5-9H2. The van der Waals surface area contributed by atoms with E-state index in [1.54, 1.807) is 16.4 Å². The topological polar surface area (TPSA) is 40.6 Å². The number of hydrogen-bond acceptors (Lipinski definition) is 4. The Morgan fingerprint density at radius 1 is 1.33 bits per heavy atom. The van der Waals surface area contributed by atoms with Gasteiger partial charge in [0, 0.05) is 32.7 Å². The van der Waals surface area contributed by atoms with Gasteiger partial charge in [-0.2, -0.15) is 4.31 Å². The quantitative estimate of drug-likeness (QED) is 0.779. The first-order chi connectivity index (χ1) is 8.54. The SMILES string of the molecule is C=CCN1CCN(S(=O)(=O)c2ccc(Br)s2)CC1. The third-order valence-electron chi connectivity index (χ3n) is 2.86. The molecule has 18 heavy (non-hydrogen) atoms. The second kappa shape index (κ2) is 5.83. The van der Waals surface area contributed by atoms with Gasteiger partial charge in [-0.15, -0.1) is 17.9 Å². The molecule has 1 aromatic heterocycles. The van der Waals surface area contributed by atoms with Crippen LogP contribution in [-0.4, -0.2) is 50.3 Å². The third-order valence-corrected chi connectivity index (χ3v) is 6.85. The van der Waals surface area contributed by atoms with Crippen molar-refractivity contribution in [2.24, 2.45) is 0 Å². The van der Waals surface area contributed by atoms with Crippen molar-refractivity contribution in [3.63, 3.8) is 0 Å². The second-order valence-electron chi connectivity index (χ2n) is 4.05. The molecule has 2 rings (SSSR count). The summed E-state index contributed by atoms with van der Waals surface area (Å²) in [5.41, 5.74) is 0. The fourth-order valence-corrected chi connectivity index (χ4v) is 5.49. The van der Waals surface area contributed by atoms with Gasteiger partial charge in [0.2, 0.25) is 0 Å². The Kier molecular flexibility index (Phi) is 4.60. The molecule has 0 atom stereocenters. The Balaban J connectivity index is 2.07. The fourth-order valence-electron chi connectivity index (χ4n) is 1.90. The smallest absolute Gasteiger partial charge is 0.252 e. The van der Waals surface area contributed by atoms with E-state index >= 15 is 0 Å². The van der Waals surface area contributed by atoms with Gasteiger partial charge in [0.05, 0.1) is 3.79 Å². The summed E-state index contributed by atoms with van der Waals surface area (Å²) in [5.74, 6) is 0. The van der Waals surface area contributed by atoms with Gasteiger partial charge in [-0.05, 0) is 28.1 Å².